The molecule has 1 saturated heterocycles. The summed E-state index contributed by atoms with van der Waals surface area (Å²) in [7, 11) is -0.450. The van der Waals surface area contributed by atoms with Gasteiger partial charge >= 0.3 is 7.12 Å². The highest BCUT2D eigenvalue weighted by Crippen LogP contribution is 2.65. The van der Waals surface area contributed by atoms with Crippen LogP contribution < -0.4 is 5.46 Å². The van der Waals surface area contributed by atoms with Crippen LogP contribution in [0.1, 0.15) is 83.3 Å². The number of rotatable bonds is 10. The number of aromatic nitrogens is 6. The maximum Gasteiger partial charge on any atom is 0.494 e. The second-order valence-corrected chi connectivity index (χ2v) is 35.4. The summed E-state index contributed by atoms with van der Waals surface area (Å²) < 4.78 is 13.1. The van der Waals surface area contributed by atoms with Crippen LogP contribution in [0.4, 0.5) is 0 Å². The summed E-state index contributed by atoms with van der Waals surface area (Å²) in [6.07, 6.45) is 0. The molecule has 5 heterocycles. The Labute approximate surface area is 746 Å². The minimum absolute atomic E-state index is 0.189. The van der Waals surface area contributed by atoms with Crippen LogP contribution in [-0.2, 0) is 20.1 Å². The molecule has 126 heavy (non-hydrogen) atoms. The monoisotopic (exact) mass is 1670 g/mol. The van der Waals surface area contributed by atoms with Gasteiger partial charge in [0.15, 0.2) is 29.1 Å². The smallest absolute Gasteiger partial charge is 0.399 e. The van der Waals surface area contributed by atoms with Gasteiger partial charge in [-0.1, -0.05) is 333 Å². The SMILES string of the molecule is CC1(C)OB(c2ccc3c(c2)C2(c4ccccc4Sc4ccccc42)c2cc(-c4ccc(C#N)cc4)ccc2-3)OC1(C)C.Clc1nc(-c2ccccc2)nc(-c2cccc(-c3ccccc3)c2)n1.N#Cc1ccc(-c2ccc3c(c2)C2(c4ccccc4Sc4ccccc42)c2cc(-c4nc(-c5ccccc5)nc(-c5cccc(-c6ccccc6)c5)n4)ccc2-3)cc1. The van der Waals surface area contributed by atoms with E-state index in [0.717, 1.165) is 77.8 Å². The van der Waals surface area contributed by atoms with Crippen molar-refractivity contribution >= 4 is 47.7 Å². The van der Waals surface area contributed by atoms with Crippen LogP contribution in [0.25, 0.3) is 124 Å². The van der Waals surface area contributed by atoms with Gasteiger partial charge in [-0.2, -0.15) is 20.5 Å². The zero-order chi connectivity index (χ0) is 85.3. The molecule has 5 aliphatic rings. The van der Waals surface area contributed by atoms with Gasteiger partial charge < -0.3 is 9.31 Å². The molecule has 0 saturated carbocycles. The highest BCUT2D eigenvalue weighted by molar-refractivity contribution is 7.99. The first-order valence-corrected chi connectivity index (χ1v) is 44.0. The molecule has 2 aliphatic carbocycles. The van der Waals surface area contributed by atoms with Gasteiger partial charge in [-0.15, -0.1) is 0 Å². The summed E-state index contributed by atoms with van der Waals surface area (Å²) in [5, 5.41) is 19.1. The molecule has 2 spiro atoms. The number of nitriles is 2. The first-order valence-electron chi connectivity index (χ1n) is 42.0. The maximum absolute atomic E-state index is 9.52. The van der Waals surface area contributed by atoms with Gasteiger partial charge in [-0.3, -0.25) is 0 Å². The van der Waals surface area contributed by atoms with Gasteiger partial charge in [0.05, 0.1) is 45.3 Å². The molecule has 1 fully saturated rings. The summed E-state index contributed by atoms with van der Waals surface area (Å²) in [6, 6.07) is 140. The van der Waals surface area contributed by atoms with E-state index in [2.05, 4.69) is 310 Å². The van der Waals surface area contributed by atoms with Crippen molar-refractivity contribution in [2.45, 2.75) is 69.3 Å². The minimum atomic E-state index is -0.607. The molecule has 16 aromatic carbocycles. The Hall–Kier alpha value is -14.5. The van der Waals surface area contributed by atoms with E-state index in [4.69, 9.17) is 35.9 Å². The summed E-state index contributed by atoms with van der Waals surface area (Å²) >= 11 is 9.82. The fourth-order valence-corrected chi connectivity index (χ4v) is 20.9. The Morgan fingerprint density at radius 2 is 0.516 bits per heavy atom. The zero-order valence-corrected chi connectivity index (χ0v) is 71.5. The highest BCUT2D eigenvalue weighted by atomic mass is 35.5. The molecule has 0 N–H and O–H groups in total. The maximum atomic E-state index is 9.52. The van der Waals surface area contributed by atoms with Crippen LogP contribution in [0, 0.1) is 22.7 Å². The third-order valence-electron chi connectivity index (χ3n) is 25.1. The molecular formula is C112H76BClN8O2S2. The van der Waals surface area contributed by atoms with Crippen LogP contribution in [0.3, 0.4) is 0 Å². The van der Waals surface area contributed by atoms with Crippen LogP contribution in [0.5, 0.6) is 0 Å². The standard InChI is InChI=1S/C53H32N4S.C38H30BNO2S.C21H14ClN3/c54-33-34-22-24-36(25-23-34)39-26-28-42-43-29-27-41(32-47(43)53(46(42)31-39)44-18-7-9-20-48(44)58-49-21-10-8-19-45(49)53)52-56-50(37-14-5-2-6-15-37)55-51(57-52)40-17-11-16-38(30-40)35-12-3-1-4-13-35;1-36(2)37(3,4)42-39(41-36)27-18-20-29-28-19-17-26(25-15-13-24(23-40)14-16-25)21-32(28)38(33(29)22-27)30-9-5-7-11-34(30)43-35-12-8-6-10-31(35)38;22-21-24-19(16-10-5-2-6-11-16)23-20(25-21)18-13-7-12-17(14-18)15-8-3-1-4-9-15/h1-32H;5-22H,1-4H3;1-14H. The van der Waals surface area contributed by atoms with E-state index in [1.54, 1.807) is 0 Å². The zero-order valence-electron chi connectivity index (χ0n) is 69.1. The van der Waals surface area contributed by atoms with Crippen LogP contribution >= 0.6 is 35.1 Å². The first kappa shape index (κ1) is 78.7. The third-order valence-corrected chi connectivity index (χ3v) is 27.6. The predicted molar refractivity (Wildman–Crippen MR) is 508 cm³/mol. The number of hydrogen-bond donors (Lipinski definition) is 0. The second kappa shape index (κ2) is 32.3. The van der Waals surface area contributed by atoms with Crippen LogP contribution in [0.15, 0.2) is 408 Å². The van der Waals surface area contributed by atoms with Crippen molar-refractivity contribution in [2.24, 2.45) is 0 Å². The molecule has 0 radical (unpaired) electrons. The lowest BCUT2D eigenvalue weighted by Crippen LogP contribution is -2.41. The van der Waals surface area contributed by atoms with E-state index >= 15 is 0 Å². The number of halogens is 1. The predicted octanol–water partition coefficient (Wildman–Crippen LogP) is 26.8. The molecule has 2 aromatic heterocycles. The van der Waals surface area contributed by atoms with Gasteiger partial charge in [-0.25, -0.2) is 19.9 Å². The van der Waals surface area contributed by atoms with Crippen molar-refractivity contribution < 1.29 is 9.31 Å². The molecule has 0 bridgehead atoms. The topological polar surface area (TPSA) is 143 Å². The molecule has 3 aliphatic heterocycles. The van der Waals surface area contributed by atoms with E-state index in [-0.39, 0.29) is 5.28 Å². The number of fused-ring (bicyclic) bond motifs is 18. The van der Waals surface area contributed by atoms with Crippen molar-refractivity contribution in [3.8, 4) is 136 Å². The first-order chi connectivity index (χ1) is 61.7. The third kappa shape index (κ3) is 13.9. The molecule has 23 rings (SSSR count). The lowest BCUT2D eigenvalue weighted by Gasteiger charge is -2.40. The van der Waals surface area contributed by atoms with E-state index in [1.807, 2.05) is 157 Å². The van der Waals surface area contributed by atoms with Crippen LogP contribution in [0.2, 0.25) is 5.28 Å². The molecule has 598 valence electrons. The van der Waals surface area contributed by atoms with E-state index in [9.17, 15) is 10.5 Å². The fraction of sp³-hybridized carbons (Fsp3) is 0.0714. The Morgan fingerprint density at radius 3 is 0.897 bits per heavy atom. The number of nitrogens with zero attached hydrogens (tertiary/aromatic N) is 8. The Kier molecular flexibility index (Phi) is 20.2. The Bertz CT molecular complexity index is 7300. The van der Waals surface area contributed by atoms with Gasteiger partial charge in [0, 0.05) is 47.4 Å². The van der Waals surface area contributed by atoms with Gasteiger partial charge in [0.2, 0.25) is 5.28 Å². The summed E-state index contributed by atoms with van der Waals surface area (Å²) in [4.78, 5) is 33.7. The van der Waals surface area contributed by atoms with E-state index < -0.39 is 29.2 Å². The molecular weight excluding hydrogens is 1600 g/mol. The summed E-state index contributed by atoms with van der Waals surface area (Å²) in [5.41, 5.74) is 28.8. The quantitative estimate of drug-likeness (QED) is 0.120. The molecule has 0 unspecified atom stereocenters. The van der Waals surface area contributed by atoms with Gasteiger partial charge in [0.1, 0.15) is 0 Å². The van der Waals surface area contributed by atoms with Gasteiger partial charge in [-0.05, 0) is 235 Å². The number of hydrogen-bond acceptors (Lipinski definition) is 12. The van der Waals surface area contributed by atoms with Crippen molar-refractivity contribution in [1.29, 1.82) is 10.5 Å². The van der Waals surface area contributed by atoms with Gasteiger partial charge in [0.25, 0.3) is 0 Å². The van der Waals surface area contributed by atoms with E-state index in [0.29, 0.717) is 40.2 Å². The Balaban J connectivity index is 0.000000125. The van der Waals surface area contributed by atoms with Crippen molar-refractivity contribution in [3.63, 3.8) is 0 Å². The Morgan fingerprint density at radius 1 is 0.254 bits per heavy atom. The largest absolute Gasteiger partial charge is 0.494 e. The lowest BCUT2D eigenvalue weighted by atomic mass is 9.65. The number of benzene rings is 16. The molecule has 18 aromatic rings. The van der Waals surface area contributed by atoms with Crippen LogP contribution in [-0.4, -0.2) is 48.2 Å². The highest BCUT2D eigenvalue weighted by Gasteiger charge is 2.55. The second-order valence-electron chi connectivity index (χ2n) is 32.9. The lowest BCUT2D eigenvalue weighted by molar-refractivity contribution is 0.00578. The average molecular weight is 1680 g/mol. The molecule has 10 nitrogen and oxygen atoms in total. The summed E-state index contributed by atoms with van der Waals surface area (Å²) in [5.74, 6) is 3.00. The van der Waals surface area contributed by atoms with Crippen molar-refractivity contribution in [3.05, 3.63) is 449 Å². The fourth-order valence-electron chi connectivity index (χ4n) is 18.4. The van der Waals surface area contributed by atoms with Crippen molar-refractivity contribution in [1.82, 2.24) is 29.9 Å². The average Bonchev–Trinajstić information content (AvgIpc) is 1.53. The molecule has 0 amide bonds. The van der Waals surface area contributed by atoms with Crippen molar-refractivity contribution in [2.75, 3.05) is 0 Å². The summed E-state index contributed by atoms with van der Waals surface area (Å²) in [6.45, 7) is 8.42. The molecule has 0 atom stereocenters. The minimum Gasteiger partial charge on any atom is -0.399 e. The normalized spacial score (nSPS) is 14.2. The van der Waals surface area contributed by atoms with E-state index in [1.165, 1.54) is 86.3 Å². The molecule has 14 heteroatoms.